The third-order valence-electron chi connectivity index (χ3n) is 6.30. The minimum absolute atomic E-state index is 0.0888. The maximum absolute atomic E-state index is 14.1. The lowest BCUT2D eigenvalue weighted by Gasteiger charge is -2.40. The summed E-state index contributed by atoms with van der Waals surface area (Å²) in [7, 11) is 1.69. The van der Waals surface area contributed by atoms with Gasteiger partial charge in [-0.1, -0.05) is 18.2 Å². The molecule has 2 saturated heterocycles. The molecule has 2 aliphatic rings. The van der Waals surface area contributed by atoms with Gasteiger partial charge in [-0.3, -0.25) is 9.80 Å². The molecule has 1 aromatic carbocycles. The van der Waals surface area contributed by atoms with Crippen LogP contribution in [-0.2, 0) is 24.2 Å². The number of piperidine rings is 1. The molecule has 29 heavy (non-hydrogen) atoms. The molecule has 6 heteroatoms. The molecule has 1 unspecified atom stereocenters. The van der Waals surface area contributed by atoms with Gasteiger partial charge in [-0.15, -0.1) is 0 Å². The number of hydrogen-bond acceptors (Lipinski definition) is 5. The maximum atomic E-state index is 14.1. The standard InChI is InChI=1S/C23H31FN4O/c1-29-12-7-22-25-13-19(14-26-22)15-28-11-9-23(18-28)8-4-10-27(17-23)16-20-5-2-3-6-21(20)24/h2-3,5-6,13-14H,4,7-12,15-18H2,1H3. The minimum Gasteiger partial charge on any atom is -0.384 e. The first kappa shape index (κ1) is 20.4. The lowest BCUT2D eigenvalue weighted by molar-refractivity contribution is 0.0858. The van der Waals surface area contributed by atoms with Gasteiger partial charge in [-0.25, -0.2) is 14.4 Å². The average molecular weight is 399 g/mol. The molecule has 1 aromatic heterocycles. The van der Waals surface area contributed by atoms with E-state index in [-0.39, 0.29) is 5.82 Å². The molecule has 2 aromatic rings. The highest BCUT2D eigenvalue weighted by Crippen LogP contribution is 2.39. The number of aromatic nitrogens is 2. The number of benzene rings is 1. The fourth-order valence-corrected chi connectivity index (χ4v) is 4.85. The predicted molar refractivity (Wildman–Crippen MR) is 111 cm³/mol. The zero-order valence-electron chi connectivity index (χ0n) is 17.3. The van der Waals surface area contributed by atoms with Crippen LogP contribution >= 0.6 is 0 Å². The number of rotatable bonds is 7. The van der Waals surface area contributed by atoms with Gasteiger partial charge in [0.25, 0.3) is 0 Å². The van der Waals surface area contributed by atoms with Crippen LogP contribution < -0.4 is 0 Å². The molecule has 2 fully saturated rings. The van der Waals surface area contributed by atoms with Gasteiger partial charge in [0, 0.05) is 63.2 Å². The summed E-state index contributed by atoms with van der Waals surface area (Å²) in [4.78, 5) is 13.9. The third-order valence-corrected chi connectivity index (χ3v) is 6.30. The van der Waals surface area contributed by atoms with Crippen LogP contribution in [0.15, 0.2) is 36.7 Å². The van der Waals surface area contributed by atoms with Crippen molar-refractivity contribution in [3.8, 4) is 0 Å². The molecule has 3 heterocycles. The third kappa shape index (κ3) is 5.18. The zero-order chi connectivity index (χ0) is 20.1. The Morgan fingerprint density at radius 3 is 2.55 bits per heavy atom. The van der Waals surface area contributed by atoms with Gasteiger partial charge in [-0.05, 0) is 43.8 Å². The van der Waals surface area contributed by atoms with Crippen molar-refractivity contribution >= 4 is 0 Å². The maximum Gasteiger partial charge on any atom is 0.130 e. The SMILES string of the molecule is COCCc1ncc(CN2CCC3(CCCN(Cc4ccccc4F)C3)C2)cn1. The molecule has 1 atom stereocenters. The van der Waals surface area contributed by atoms with E-state index in [4.69, 9.17) is 4.74 Å². The van der Waals surface area contributed by atoms with Crippen molar-refractivity contribution in [3.63, 3.8) is 0 Å². The topological polar surface area (TPSA) is 41.5 Å². The van der Waals surface area contributed by atoms with Gasteiger partial charge in [0.1, 0.15) is 11.6 Å². The number of ether oxygens (including phenoxy) is 1. The Hall–Kier alpha value is -1.89. The molecule has 5 nitrogen and oxygen atoms in total. The van der Waals surface area contributed by atoms with Gasteiger partial charge in [0.05, 0.1) is 6.61 Å². The van der Waals surface area contributed by atoms with Crippen molar-refractivity contribution in [2.24, 2.45) is 5.41 Å². The number of hydrogen-bond donors (Lipinski definition) is 0. The van der Waals surface area contributed by atoms with Crippen LogP contribution in [0.25, 0.3) is 0 Å². The first-order valence-electron chi connectivity index (χ1n) is 10.6. The van der Waals surface area contributed by atoms with Crippen LogP contribution in [0, 0.1) is 11.2 Å². The molecular formula is C23H31FN4O. The van der Waals surface area contributed by atoms with Crippen LogP contribution in [0.2, 0.25) is 0 Å². The summed E-state index contributed by atoms with van der Waals surface area (Å²) >= 11 is 0. The summed E-state index contributed by atoms with van der Waals surface area (Å²) in [6, 6.07) is 7.17. The molecule has 4 rings (SSSR count). The van der Waals surface area contributed by atoms with Gasteiger partial charge in [0.15, 0.2) is 0 Å². The molecule has 2 aliphatic heterocycles. The smallest absolute Gasteiger partial charge is 0.130 e. The Balaban J connectivity index is 1.32. The van der Waals surface area contributed by atoms with Gasteiger partial charge in [-0.2, -0.15) is 0 Å². The molecule has 0 saturated carbocycles. The van der Waals surface area contributed by atoms with E-state index in [1.165, 1.54) is 24.8 Å². The predicted octanol–water partition coefficient (Wildman–Crippen LogP) is 3.29. The van der Waals surface area contributed by atoms with Gasteiger partial charge < -0.3 is 4.74 Å². The van der Waals surface area contributed by atoms with E-state index in [0.717, 1.165) is 50.5 Å². The Morgan fingerprint density at radius 2 is 1.79 bits per heavy atom. The van der Waals surface area contributed by atoms with Crippen molar-refractivity contribution < 1.29 is 9.13 Å². The normalized spacial score (nSPS) is 23.1. The fourth-order valence-electron chi connectivity index (χ4n) is 4.85. The molecule has 0 N–H and O–H groups in total. The van der Waals surface area contributed by atoms with Crippen LogP contribution in [0.1, 0.15) is 36.2 Å². The lowest BCUT2D eigenvalue weighted by atomic mass is 9.79. The first-order chi connectivity index (χ1) is 14.2. The van der Waals surface area contributed by atoms with Crippen molar-refractivity contribution in [1.82, 2.24) is 19.8 Å². The van der Waals surface area contributed by atoms with Crippen LogP contribution in [0.4, 0.5) is 4.39 Å². The first-order valence-corrected chi connectivity index (χ1v) is 10.6. The second kappa shape index (κ2) is 9.28. The molecule has 0 bridgehead atoms. The van der Waals surface area contributed by atoms with Crippen molar-refractivity contribution in [2.75, 3.05) is 39.9 Å². The summed E-state index contributed by atoms with van der Waals surface area (Å²) in [6.45, 7) is 6.60. The zero-order valence-corrected chi connectivity index (χ0v) is 17.3. The van der Waals surface area contributed by atoms with E-state index in [1.54, 1.807) is 19.2 Å². The van der Waals surface area contributed by atoms with Crippen molar-refractivity contribution in [3.05, 3.63) is 59.4 Å². The minimum atomic E-state index is -0.0888. The number of halogens is 1. The quantitative estimate of drug-likeness (QED) is 0.716. The van der Waals surface area contributed by atoms with E-state index in [0.29, 0.717) is 18.6 Å². The second-order valence-corrected chi connectivity index (χ2v) is 8.62. The number of methoxy groups -OCH3 is 1. The average Bonchev–Trinajstić information content (AvgIpc) is 3.10. The van der Waals surface area contributed by atoms with Crippen molar-refractivity contribution in [2.45, 2.75) is 38.8 Å². The van der Waals surface area contributed by atoms with Gasteiger partial charge in [0.2, 0.25) is 0 Å². The highest BCUT2D eigenvalue weighted by molar-refractivity contribution is 5.17. The summed E-state index contributed by atoms with van der Waals surface area (Å²) < 4.78 is 19.1. The molecule has 0 radical (unpaired) electrons. The van der Waals surface area contributed by atoms with Crippen LogP contribution in [0.5, 0.6) is 0 Å². The highest BCUT2D eigenvalue weighted by Gasteiger charge is 2.41. The Morgan fingerprint density at radius 1 is 1.03 bits per heavy atom. The summed E-state index contributed by atoms with van der Waals surface area (Å²) in [5.41, 5.74) is 2.32. The van der Waals surface area contributed by atoms with E-state index < -0.39 is 0 Å². The lowest BCUT2D eigenvalue weighted by Crippen LogP contribution is -2.44. The Kier molecular flexibility index (Phi) is 6.53. The van der Waals surface area contributed by atoms with E-state index >= 15 is 0 Å². The Labute approximate surface area is 172 Å². The number of nitrogens with zero attached hydrogens (tertiary/aromatic N) is 4. The monoisotopic (exact) mass is 398 g/mol. The summed E-state index contributed by atoms with van der Waals surface area (Å²) in [5, 5.41) is 0. The van der Waals surface area contributed by atoms with E-state index in [2.05, 4.69) is 19.8 Å². The largest absolute Gasteiger partial charge is 0.384 e. The molecule has 0 aliphatic carbocycles. The van der Waals surface area contributed by atoms with Gasteiger partial charge >= 0.3 is 0 Å². The molecule has 1 spiro atoms. The van der Waals surface area contributed by atoms with Crippen LogP contribution in [0.3, 0.4) is 0 Å². The molecular weight excluding hydrogens is 367 g/mol. The van der Waals surface area contributed by atoms with Crippen molar-refractivity contribution in [1.29, 1.82) is 0 Å². The fraction of sp³-hybridized carbons (Fsp3) is 0.565. The van der Waals surface area contributed by atoms with Crippen LogP contribution in [-0.4, -0.2) is 59.7 Å². The second-order valence-electron chi connectivity index (χ2n) is 8.62. The summed E-state index contributed by atoms with van der Waals surface area (Å²) in [6.07, 6.45) is 8.33. The molecule has 156 valence electrons. The van der Waals surface area contributed by atoms with E-state index in [9.17, 15) is 4.39 Å². The number of likely N-dealkylation sites (tertiary alicyclic amines) is 2. The Bertz CT molecular complexity index is 800. The highest BCUT2D eigenvalue weighted by atomic mass is 19.1. The van der Waals surface area contributed by atoms with E-state index in [1.807, 2.05) is 24.5 Å². The molecule has 0 amide bonds. The summed E-state index contributed by atoms with van der Waals surface area (Å²) in [5.74, 6) is 0.749.